The van der Waals surface area contributed by atoms with Gasteiger partial charge in [0.25, 0.3) is 0 Å². The first-order valence-electron chi connectivity index (χ1n) is 5.37. The molecule has 0 N–H and O–H groups in total. The van der Waals surface area contributed by atoms with Gasteiger partial charge in [-0.2, -0.15) is 5.26 Å². The lowest BCUT2D eigenvalue weighted by molar-refractivity contribution is 0.414. The standard InChI is InChI=1S/C10H18N2O2S/c1-9-4-3-6-12(7-5-9)15(13,14)10(2)8-11/h9-10H,3-7H2,1-2H3. The number of nitrogens with zero attached hydrogens (tertiary/aromatic N) is 2. The first-order chi connectivity index (χ1) is 6.98. The molecule has 0 aromatic rings. The largest absolute Gasteiger partial charge is 0.230 e. The predicted molar refractivity (Wildman–Crippen MR) is 58.6 cm³/mol. The van der Waals surface area contributed by atoms with Crippen molar-refractivity contribution < 1.29 is 8.42 Å². The molecule has 1 aliphatic heterocycles. The highest BCUT2D eigenvalue weighted by molar-refractivity contribution is 7.89. The molecule has 2 atom stereocenters. The highest BCUT2D eigenvalue weighted by Crippen LogP contribution is 2.20. The van der Waals surface area contributed by atoms with Gasteiger partial charge in [0.15, 0.2) is 5.25 Å². The zero-order valence-corrected chi connectivity index (χ0v) is 10.1. The molecular weight excluding hydrogens is 212 g/mol. The van der Waals surface area contributed by atoms with Crippen molar-refractivity contribution in [2.45, 2.75) is 38.4 Å². The molecule has 1 aliphatic rings. The molecule has 2 unspecified atom stereocenters. The van der Waals surface area contributed by atoms with E-state index >= 15 is 0 Å². The molecule has 5 heteroatoms. The van der Waals surface area contributed by atoms with Crippen LogP contribution in [0.25, 0.3) is 0 Å². The van der Waals surface area contributed by atoms with Crippen molar-refractivity contribution in [2.24, 2.45) is 5.92 Å². The molecule has 1 heterocycles. The summed E-state index contributed by atoms with van der Waals surface area (Å²) in [5, 5.41) is 7.74. The number of hydrogen-bond acceptors (Lipinski definition) is 3. The van der Waals surface area contributed by atoms with Crippen molar-refractivity contribution in [1.29, 1.82) is 5.26 Å². The third kappa shape index (κ3) is 2.93. The second kappa shape index (κ2) is 4.95. The maximum absolute atomic E-state index is 11.9. The van der Waals surface area contributed by atoms with E-state index in [-0.39, 0.29) is 0 Å². The van der Waals surface area contributed by atoms with Gasteiger partial charge in [-0.05, 0) is 32.1 Å². The van der Waals surface area contributed by atoms with Gasteiger partial charge in [0.2, 0.25) is 10.0 Å². The zero-order chi connectivity index (χ0) is 11.5. The van der Waals surface area contributed by atoms with Crippen LogP contribution in [0.5, 0.6) is 0 Å². The van der Waals surface area contributed by atoms with Gasteiger partial charge in [-0.1, -0.05) is 6.92 Å². The van der Waals surface area contributed by atoms with Crippen LogP contribution in [0.15, 0.2) is 0 Å². The summed E-state index contributed by atoms with van der Waals surface area (Å²) in [6.07, 6.45) is 2.88. The Morgan fingerprint density at radius 3 is 2.67 bits per heavy atom. The van der Waals surface area contributed by atoms with Crippen molar-refractivity contribution in [3.05, 3.63) is 0 Å². The van der Waals surface area contributed by atoms with E-state index in [0.717, 1.165) is 19.3 Å². The Balaban J connectivity index is 2.76. The van der Waals surface area contributed by atoms with Crippen molar-refractivity contribution in [3.8, 4) is 6.07 Å². The zero-order valence-electron chi connectivity index (χ0n) is 9.31. The summed E-state index contributed by atoms with van der Waals surface area (Å²) in [7, 11) is -3.39. The van der Waals surface area contributed by atoms with Gasteiger partial charge in [-0.3, -0.25) is 0 Å². The SMILES string of the molecule is CC1CCCN(S(=O)(=O)C(C)C#N)CC1. The van der Waals surface area contributed by atoms with Crippen LogP contribution in [0.2, 0.25) is 0 Å². The topological polar surface area (TPSA) is 61.2 Å². The second-order valence-corrected chi connectivity index (χ2v) is 6.50. The fourth-order valence-electron chi connectivity index (χ4n) is 1.78. The summed E-state index contributed by atoms with van der Waals surface area (Å²) in [5.74, 6) is 0.586. The van der Waals surface area contributed by atoms with Crippen LogP contribution >= 0.6 is 0 Å². The Morgan fingerprint density at radius 2 is 2.07 bits per heavy atom. The van der Waals surface area contributed by atoms with Crippen molar-refractivity contribution in [1.82, 2.24) is 4.31 Å². The molecule has 0 aromatic heterocycles. The lowest BCUT2D eigenvalue weighted by Crippen LogP contribution is -2.37. The molecule has 1 rings (SSSR count). The highest BCUT2D eigenvalue weighted by atomic mass is 32.2. The maximum Gasteiger partial charge on any atom is 0.230 e. The van der Waals surface area contributed by atoms with Crippen LogP contribution in [-0.2, 0) is 10.0 Å². The van der Waals surface area contributed by atoms with Gasteiger partial charge >= 0.3 is 0 Å². The maximum atomic E-state index is 11.9. The Kier molecular flexibility index (Phi) is 4.12. The molecule has 0 spiro atoms. The molecule has 0 radical (unpaired) electrons. The van der Waals surface area contributed by atoms with E-state index in [9.17, 15) is 8.42 Å². The fourth-order valence-corrected chi connectivity index (χ4v) is 3.11. The molecule has 1 saturated heterocycles. The average Bonchev–Trinajstić information content (AvgIpc) is 2.41. The van der Waals surface area contributed by atoms with E-state index < -0.39 is 15.3 Å². The first-order valence-corrected chi connectivity index (χ1v) is 6.87. The van der Waals surface area contributed by atoms with Gasteiger partial charge in [-0.25, -0.2) is 12.7 Å². The first kappa shape index (κ1) is 12.5. The molecule has 0 aliphatic carbocycles. The molecule has 4 nitrogen and oxygen atoms in total. The Morgan fingerprint density at radius 1 is 1.40 bits per heavy atom. The summed E-state index contributed by atoms with van der Waals surface area (Å²) in [6.45, 7) is 4.72. The monoisotopic (exact) mass is 230 g/mol. The van der Waals surface area contributed by atoms with E-state index in [1.807, 2.05) is 0 Å². The molecule has 0 aromatic carbocycles. The van der Waals surface area contributed by atoms with E-state index in [1.54, 1.807) is 6.07 Å². The molecule has 0 saturated carbocycles. The Labute approximate surface area is 91.9 Å². The normalized spacial score (nSPS) is 26.6. The summed E-state index contributed by atoms with van der Waals surface area (Å²) in [5.41, 5.74) is 0. The van der Waals surface area contributed by atoms with Crippen LogP contribution in [0, 0.1) is 17.2 Å². The van der Waals surface area contributed by atoms with Gasteiger partial charge < -0.3 is 0 Å². The molecular formula is C10H18N2O2S. The van der Waals surface area contributed by atoms with Crippen molar-refractivity contribution >= 4 is 10.0 Å². The Hall–Kier alpha value is -0.600. The minimum Gasteiger partial charge on any atom is -0.211 e. The fraction of sp³-hybridized carbons (Fsp3) is 0.900. The smallest absolute Gasteiger partial charge is 0.211 e. The van der Waals surface area contributed by atoms with Crippen LogP contribution in [0.4, 0.5) is 0 Å². The van der Waals surface area contributed by atoms with E-state index in [1.165, 1.54) is 11.2 Å². The lowest BCUT2D eigenvalue weighted by atomic mass is 10.0. The van der Waals surface area contributed by atoms with E-state index in [4.69, 9.17) is 5.26 Å². The van der Waals surface area contributed by atoms with Gasteiger partial charge in [0.1, 0.15) is 0 Å². The van der Waals surface area contributed by atoms with Crippen LogP contribution in [0.1, 0.15) is 33.1 Å². The van der Waals surface area contributed by atoms with Crippen LogP contribution < -0.4 is 0 Å². The predicted octanol–water partition coefficient (Wildman–Crippen LogP) is 1.35. The quantitative estimate of drug-likeness (QED) is 0.719. The Bertz CT molecular complexity index is 345. The molecule has 1 fully saturated rings. The molecule has 86 valence electrons. The summed E-state index contributed by atoms with van der Waals surface area (Å²) < 4.78 is 25.2. The van der Waals surface area contributed by atoms with Gasteiger partial charge in [-0.15, -0.1) is 0 Å². The van der Waals surface area contributed by atoms with E-state index in [2.05, 4.69) is 6.92 Å². The molecule has 0 amide bonds. The average molecular weight is 230 g/mol. The summed E-state index contributed by atoms with van der Waals surface area (Å²) in [6, 6.07) is 1.80. The second-order valence-electron chi connectivity index (χ2n) is 4.25. The van der Waals surface area contributed by atoms with Crippen molar-refractivity contribution in [3.63, 3.8) is 0 Å². The third-order valence-electron chi connectivity index (χ3n) is 2.96. The van der Waals surface area contributed by atoms with E-state index in [0.29, 0.717) is 19.0 Å². The van der Waals surface area contributed by atoms with Gasteiger partial charge in [0, 0.05) is 13.1 Å². The number of sulfonamides is 1. The minimum atomic E-state index is -3.39. The van der Waals surface area contributed by atoms with Gasteiger partial charge in [0.05, 0.1) is 6.07 Å². The molecule has 0 bridgehead atoms. The lowest BCUT2D eigenvalue weighted by Gasteiger charge is -2.21. The minimum absolute atomic E-state index is 0.565. The summed E-state index contributed by atoms with van der Waals surface area (Å²) >= 11 is 0. The molecule has 15 heavy (non-hydrogen) atoms. The van der Waals surface area contributed by atoms with Crippen molar-refractivity contribution in [2.75, 3.05) is 13.1 Å². The third-order valence-corrected chi connectivity index (χ3v) is 5.05. The highest BCUT2D eigenvalue weighted by Gasteiger charge is 2.29. The van der Waals surface area contributed by atoms with Crippen LogP contribution in [0.3, 0.4) is 0 Å². The number of nitriles is 1. The van der Waals surface area contributed by atoms with Crippen LogP contribution in [-0.4, -0.2) is 31.1 Å². The number of hydrogen-bond donors (Lipinski definition) is 0. The summed E-state index contributed by atoms with van der Waals surface area (Å²) in [4.78, 5) is 0. The number of rotatable bonds is 2.